The van der Waals surface area contributed by atoms with Gasteiger partial charge in [0.2, 0.25) is 0 Å². The molecular weight excluding hydrogens is 310 g/mol. The number of aliphatic hydroxyl groups is 1. The third-order valence-electron chi connectivity index (χ3n) is 5.07. The summed E-state index contributed by atoms with van der Waals surface area (Å²) in [5.41, 5.74) is -1.26. The summed E-state index contributed by atoms with van der Waals surface area (Å²) in [6.45, 7) is 5.66. The van der Waals surface area contributed by atoms with Crippen molar-refractivity contribution in [2.45, 2.75) is 95.3 Å². The van der Waals surface area contributed by atoms with Gasteiger partial charge in [-0.3, -0.25) is 0 Å². The largest absolute Gasteiger partial charge is 0.444 e. The Morgan fingerprint density at radius 2 is 1.75 bits per heavy atom. The van der Waals surface area contributed by atoms with Crippen LogP contribution in [0, 0.1) is 0 Å². The zero-order chi connectivity index (χ0) is 18.0. The molecule has 1 amide bonds. The first kappa shape index (κ1) is 19.5. The smallest absolute Gasteiger partial charge is 0.410 e. The van der Waals surface area contributed by atoms with Crippen LogP contribution in [0.1, 0.15) is 65.7 Å². The molecule has 0 aliphatic carbocycles. The molecule has 140 valence electrons. The van der Waals surface area contributed by atoms with E-state index in [-0.39, 0.29) is 24.5 Å². The third-order valence-corrected chi connectivity index (χ3v) is 5.07. The molecule has 0 spiro atoms. The van der Waals surface area contributed by atoms with Crippen molar-refractivity contribution in [2.24, 2.45) is 0 Å². The van der Waals surface area contributed by atoms with Gasteiger partial charge in [0.15, 0.2) is 6.29 Å². The molecule has 2 unspecified atom stereocenters. The van der Waals surface area contributed by atoms with E-state index in [4.69, 9.17) is 14.2 Å². The minimum atomic E-state index is -0.760. The van der Waals surface area contributed by atoms with Gasteiger partial charge >= 0.3 is 6.09 Å². The molecule has 2 aliphatic heterocycles. The molecule has 2 atom stereocenters. The number of hydrogen-bond acceptors (Lipinski definition) is 5. The highest BCUT2D eigenvalue weighted by Gasteiger charge is 2.48. The minimum absolute atomic E-state index is 0.0564. The lowest BCUT2D eigenvalue weighted by Crippen LogP contribution is -2.60. The van der Waals surface area contributed by atoms with Crippen molar-refractivity contribution in [3.05, 3.63) is 0 Å². The summed E-state index contributed by atoms with van der Waals surface area (Å²) in [5, 5.41) is 11.1. The van der Waals surface area contributed by atoms with Crippen LogP contribution in [0.25, 0.3) is 0 Å². The molecule has 2 bridgehead atoms. The second-order valence-corrected chi connectivity index (χ2v) is 8.20. The number of hydrogen-bond donors (Lipinski definition) is 1. The highest BCUT2D eigenvalue weighted by molar-refractivity contribution is 5.69. The molecule has 24 heavy (non-hydrogen) atoms. The average molecular weight is 343 g/mol. The number of amides is 1. The summed E-state index contributed by atoms with van der Waals surface area (Å²) in [6.07, 6.45) is 4.88. The number of ether oxygens (including phenoxy) is 3. The van der Waals surface area contributed by atoms with Gasteiger partial charge in [-0.15, -0.1) is 0 Å². The van der Waals surface area contributed by atoms with E-state index >= 15 is 0 Å². The highest BCUT2D eigenvalue weighted by Crippen LogP contribution is 2.42. The van der Waals surface area contributed by atoms with Gasteiger partial charge in [-0.1, -0.05) is 0 Å². The Morgan fingerprint density at radius 1 is 1.21 bits per heavy atom. The SMILES string of the molecule is COC(CCC1(O)CC2CCCC(C1)N2C(=O)OC(C)(C)C)OC. The molecule has 0 aromatic heterocycles. The minimum Gasteiger partial charge on any atom is -0.444 e. The second-order valence-electron chi connectivity index (χ2n) is 8.20. The lowest BCUT2D eigenvalue weighted by atomic mass is 9.74. The van der Waals surface area contributed by atoms with E-state index in [1.807, 2.05) is 25.7 Å². The normalized spacial score (nSPS) is 30.5. The first-order chi connectivity index (χ1) is 11.2. The van der Waals surface area contributed by atoms with Crippen LogP contribution in [0.2, 0.25) is 0 Å². The van der Waals surface area contributed by atoms with E-state index in [1.165, 1.54) is 0 Å². The second kappa shape index (κ2) is 7.58. The molecule has 6 nitrogen and oxygen atoms in total. The topological polar surface area (TPSA) is 68.2 Å². The fraction of sp³-hybridized carbons (Fsp3) is 0.944. The monoisotopic (exact) mass is 343 g/mol. The number of rotatable bonds is 5. The molecule has 0 radical (unpaired) electrons. The van der Waals surface area contributed by atoms with Crippen molar-refractivity contribution < 1.29 is 24.1 Å². The molecule has 0 aromatic rings. The number of methoxy groups -OCH3 is 2. The van der Waals surface area contributed by atoms with E-state index in [0.29, 0.717) is 25.7 Å². The van der Waals surface area contributed by atoms with Gasteiger partial charge in [0, 0.05) is 32.7 Å². The molecule has 0 saturated carbocycles. The zero-order valence-corrected chi connectivity index (χ0v) is 15.7. The number of fused-ring (bicyclic) bond motifs is 2. The maximum absolute atomic E-state index is 12.6. The van der Waals surface area contributed by atoms with Gasteiger partial charge in [-0.05, 0) is 59.3 Å². The Hall–Kier alpha value is -0.850. The predicted molar refractivity (Wildman–Crippen MR) is 90.7 cm³/mol. The van der Waals surface area contributed by atoms with Crippen LogP contribution in [-0.4, -0.2) is 59.9 Å². The van der Waals surface area contributed by atoms with Gasteiger partial charge in [0.25, 0.3) is 0 Å². The summed E-state index contributed by atoms with van der Waals surface area (Å²) < 4.78 is 16.0. The van der Waals surface area contributed by atoms with Gasteiger partial charge in [-0.25, -0.2) is 4.79 Å². The van der Waals surface area contributed by atoms with Crippen molar-refractivity contribution in [2.75, 3.05) is 14.2 Å². The molecule has 6 heteroatoms. The van der Waals surface area contributed by atoms with Crippen molar-refractivity contribution in [3.63, 3.8) is 0 Å². The van der Waals surface area contributed by atoms with Crippen LogP contribution in [0.4, 0.5) is 4.79 Å². The van der Waals surface area contributed by atoms with E-state index in [0.717, 1.165) is 19.3 Å². The number of nitrogens with zero attached hydrogens (tertiary/aromatic N) is 1. The maximum atomic E-state index is 12.6. The van der Waals surface area contributed by atoms with E-state index < -0.39 is 11.2 Å². The van der Waals surface area contributed by atoms with E-state index in [2.05, 4.69) is 0 Å². The van der Waals surface area contributed by atoms with Crippen LogP contribution in [0.3, 0.4) is 0 Å². The molecule has 2 heterocycles. The summed E-state index contributed by atoms with van der Waals surface area (Å²) in [7, 11) is 3.22. The maximum Gasteiger partial charge on any atom is 0.410 e. The number of carbonyl (C=O) groups excluding carboxylic acids is 1. The Balaban J connectivity index is 2.03. The summed E-state index contributed by atoms with van der Waals surface area (Å²) in [4.78, 5) is 14.5. The molecule has 2 rings (SSSR count). The van der Waals surface area contributed by atoms with Crippen molar-refractivity contribution in [1.82, 2.24) is 4.90 Å². The zero-order valence-electron chi connectivity index (χ0n) is 15.7. The first-order valence-electron chi connectivity index (χ1n) is 8.97. The summed E-state index contributed by atoms with van der Waals surface area (Å²) in [6, 6.07) is 0.113. The first-order valence-corrected chi connectivity index (χ1v) is 8.97. The molecule has 2 fully saturated rings. The molecular formula is C18H33NO5. The average Bonchev–Trinajstić information content (AvgIpc) is 2.45. The van der Waals surface area contributed by atoms with Crippen molar-refractivity contribution in [1.29, 1.82) is 0 Å². The Labute approximate surface area is 145 Å². The van der Waals surface area contributed by atoms with Crippen LogP contribution < -0.4 is 0 Å². The quantitative estimate of drug-likeness (QED) is 0.777. The van der Waals surface area contributed by atoms with Crippen molar-refractivity contribution >= 4 is 6.09 Å². The predicted octanol–water partition coefficient (Wildman–Crippen LogP) is 3.07. The molecule has 1 N–H and O–H groups in total. The molecule has 2 saturated heterocycles. The summed E-state index contributed by atoms with van der Waals surface area (Å²) >= 11 is 0. The molecule has 2 aliphatic rings. The van der Waals surface area contributed by atoms with Gasteiger partial charge in [0.1, 0.15) is 5.60 Å². The third kappa shape index (κ3) is 4.83. The van der Waals surface area contributed by atoms with Crippen molar-refractivity contribution in [3.8, 4) is 0 Å². The number of carbonyl (C=O) groups is 1. The van der Waals surface area contributed by atoms with Gasteiger partial charge in [0.05, 0.1) is 5.60 Å². The summed E-state index contributed by atoms with van der Waals surface area (Å²) in [5.74, 6) is 0. The van der Waals surface area contributed by atoms with Gasteiger partial charge < -0.3 is 24.2 Å². The standard InChI is InChI=1S/C18H33NO5/c1-17(2,3)24-16(20)19-13-7-6-8-14(19)12-18(21,11-13)10-9-15(22-4)23-5/h13-15,21H,6-12H2,1-5H3. The van der Waals surface area contributed by atoms with E-state index in [9.17, 15) is 9.90 Å². The Bertz CT molecular complexity index is 416. The molecule has 0 aromatic carbocycles. The number of piperidine rings is 2. The van der Waals surface area contributed by atoms with Crippen LogP contribution in [0.15, 0.2) is 0 Å². The van der Waals surface area contributed by atoms with Crippen LogP contribution >= 0.6 is 0 Å². The lowest BCUT2D eigenvalue weighted by molar-refractivity contribution is -0.134. The fourth-order valence-electron chi connectivity index (χ4n) is 4.06. The lowest BCUT2D eigenvalue weighted by Gasteiger charge is -2.52. The van der Waals surface area contributed by atoms with E-state index in [1.54, 1.807) is 14.2 Å². The highest BCUT2D eigenvalue weighted by atomic mass is 16.7. The Kier molecular flexibility index (Phi) is 6.15. The Morgan fingerprint density at radius 3 is 2.21 bits per heavy atom. The van der Waals surface area contributed by atoms with Gasteiger partial charge in [-0.2, -0.15) is 0 Å². The fourth-order valence-corrected chi connectivity index (χ4v) is 4.06. The van der Waals surface area contributed by atoms with Crippen LogP contribution in [0.5, 0.6) is 0 Å². The van der Waals surface area contributed by atoms with Crippen LogP contribution in [-0.2, 0) is 14.2 Å².